The second-order valence-corrected chi connectivity index (χ2v) is 8.02. The van der Waals surface area contributed by atoms with Crippen molar-refractivity contribution in [3.63, 3.8) is 0 Å². The van der Waals surface area contributed by atoms with Crippen LogP contribution in [0.1, 0.15) is 35.4 Å². The molecule has 3 N–H and O–H groups in total. The highest BCUT2D eigenvalue weighted by Gasteiger charge is 2.21. The number of anilines is 1. The molecular weight excluding hydrogens is 384 g/mol. The maximum Gasteiger partial charge on any atom is 0.279 e. The molecule has 1 atom stereocenters. The van der Waals surface area contributed by atoms with Gasteiger partial charge in [0, 0.05) is 17.3 Å². The van der Waals surface area contributed by atoms with Gasteiger partial charge in [0.25, 0.3) is 5.91 Å². The minimum absolute atomic E-state index is 0.0481. The molecule has 3 aromatic rings. The topological polar surface area (TPSA) is 64.2 Å². The summed E-state index contributed by atoms with van der Waals surface area (Å²) in [5, 5.41) is 7.11. The molecule has 2 aromatic carbocycles. The number of ether oxygens (including phenoxy) is 2. The number of hydrogen-bond donors (Lipinski definition) is 2. The van der Waals surface area contributed by atoms with Crippen LogP contribution in [0.25, 0.3) is 0 Å². The third kappa shape index (κ3) is 4.78. The summed E-state index contributed by atoms with van der Waals surface area (Å²) in [6.07, 6.45) is 2.23. The van der Waals surface area contributed by atoms with E-state index in [1.54, 1.807) is 17.4 Å². The Kier molecular flexibility index (Phi) is 6.12. The van der Waals surface area contributed by atoms with Crippen molar-refractivity contribution >= 4 is 22.9 Å². The highest BCUT2D eigenvalue weighted by molar-refractivity contribution is 7.10. The van der Waals surface area contributed by atoms with Crippen LogP contribution >= 0.6 is 11.3 Å². The minimum atomic E-state index is -0.0481. The van der Waals surface area contributed by atoms with Gasteiger partial charge in [0.1, 0.15) is 6.04 Å². The Morgan fingerprint density at radius 2 is 1.97 bits per heavy atom. The summed E-state index contributed by atoms with van der Waals surface area (Å²) in [5.41, 5.74) is 3.27. The van der Waals surface area contributed by atoms with E-state index in [1.165, 1.54) is 16.0 Å². The molecule has 0 bridgehead atoms. The van der Waals surface area contributed by atoms with Crippen LogP contribution in [0, 0.1) is 0 Å². The van der Waals surface area contributed by atoms with Gasteiger partial charge < -0.3 is 20.1 Å². The molecule has 4 rings (SSSR count). The number of hydrogen-bond acceptors (Lipinski definition) is 4. The first-order valence-electron chi connectivity index (χ1n) is 9.88. The number of aryl methyl sites for hydroxylation is 1. The van der Waals surface area contributed by atoms with Crippen LogP contribution in [0.15, 0.2) is 60.0 Å². The number of benzene rings is 2. The first kappa shape index (κ1) is 19.5. The van der Waals surface area contributed by atoms with E-state index >= 15 is 0 Å². The molecule has 0 spiro atoms. The molecule has 0 unspecified atom stereocenters. The molecule has 1 aliphatic heterocycles. The molecule has 150 valence electrons. The zero-order valence-electron chi connectivity index (χ0n) is 16.4. The Labute approximate surface area is 174 Å². The van der Waals surface area contributed by atoms with Gasteiger partial charge in [-0.2, -0.15) is 0 Å². The highest BCUT2D eigenvalue weighted by atomic mass is 32.1. The van der Waals surface area contributed by atoms with Crippen molar-refractivity contribution in [1.82, 2.24) is 0 Å². The van der Waals surface area contributed by atoms with Gasteiger partial charge in [-0.1, -0.05) is 43.7 Å². The van der Waals surface area contributed by atoms with E-state index in [9.17, 15) is 4.79 Å². The molecule has 0 fully saturated rings. The first-order valence-corrected chi connectivity index (χ1v) is 10.8. The smallest absolute Gasteiger partial charge is 0.279 e. The summed E-state index contributed by atoms with van der Waals surface area (Å²) in [7, 11) is 0. The predicted molar refractivity (Wildman–Crippen MR) is 115 cm³/mol. The molecule has 0 aliphatic carbocycles. The van der Waals surface area contributed by atoms with Gasteiger partial charge in [-0.15, -0.1) is 11.3 Å². The van der Waals surface area contributed by atoms with Gasteiger partial charge in [-0.3, -0.25) is 4.79 Å². The Hall–Kier alpha value is -2.83. The summed E-state index contributed by atoms with van der Waals surface area (Å²) in [5.74, 6) is 1.32. The van der Waals surface area contributed by atoms with Crippen molar-refractivity contribution in [3.05, 3.63) is 76.0 Å². The molecular formula is C23H25N2O3S+. The standard InChI is InChI=1S/C23H24N2O3S/c1-2-4-16-6-8-17(9-7-16)23(21-5-3-12-29-21)24-14-22(26)25-18-10-11-19-20(13-18)28-15-27-19/h3,5-13,23-24H,2,4,14-15H2,1H3,(H,25,26)/p+1/t23-/m0/s1. The molecule has 1 aliphatic rings. The fourth-order valence-electron chi connectivity index (χ4n) is 3.48. The van der Waals surface area contributed by atoms with Gasteiger partial charge in [0.15, 0.2) is 18.0 Å². The molecule has 2 heterocycles. The Morgan fingerprint density at radius 3 is 2.72 bits per heavy atom. The van der Waals surface area contributed by atoms with Crippen LogP contribution in [0.5, 0.6) is 11.5 Å². The fourth-order valence-corrected chi connectivity index (χ4v) is 4.33. The van der Waals surface area contributed by atoms with Crippen LogP contribution in [0.3, 0.4) is 0 Å². The van der Waals surface area contributed by atoms with Crippen LogP contribution in [0.2, 0.25) is 0 Å². The average molecular weight is 410 g/mol. The lowest BCUT2D eigenvalue weighted by Gasteiger charge is -2.15. The van der Waals surface area contributed by atoms with E-state index in [-0.39, 0.29) is 18.7 Å². The van der Waals surface area contributed by atoms with E-state index in [2.05, 4.69) is 59.3 Å². The van der Waals surface area contributed by atoms with Crippen molar-refractivity contribution in [2.45, 2.75) is 25.8 Å². The van der Waals surface area contributed by atoms with Crippen LogP contribution in [0.4, 0.5) is 5.69 Å². The average Bonchev–Trinajstić information content (AvgIpc) is 3.41. The van der Waals surface area contributed by atoms with E-state index in [4.69, 9.17) is 9.47 Å². The number of nitrogens with one attached hydrogen (secondary N) is 1. The van der Waals surface area contributed by atoms with E-state index in [0.29, 0.717) is 23.7 Å². The molecule has 6 heteroatoms. The third-order valence-corrected chi connectivity index (χ3v) is 5.88. The molecule has 1 amide bonds. The summed E-state index contributed by atoms with van der Waals surface area (Å²) >= 11 is 1.72. The minimum Gasteiger partial charge on any atom is -0.454 e. The zero-order valence-corrected chi connectivity index (χ0v) is 17.2. The number of quaternary nitrogens is 1. The summed E-state index contributed by atoms with van der Waals surface area (Å²) < 4.78 is 10.7. The maximum absolute atomic E-state index is 12.5. The lowest BCUT2D eigenvalue weighted by molar-refractivity contribution is -0.675. The van der Waals surface area contributed by atoms with E-state index in [0.717, 1.165) is 12.8 Å². The largest absolute Gasteiger partial charge is 0.454 e. The first-order chi connectivity index (χ1) is 14.2. The van der Waals surface area contributed by atoms with Gasteiger partial charge >= 0.3 is 0 Å². The number of nitrogens with two attached hydrogens (primary N) is 1. The molecule has 0 saturated heterocycles. The maximum atomic E-state index is 12.5. The third-order valence-electron chi connectivity index (χ3n) is 4.92. The second-order valence-electron chi connectivity index (χ2n) is 7.04. The van der Waals surface area contributed by atoms with Crippen LogP contribution in [-0.4, -0.2) is 19.2 Å². The Bertz CT molecular complexity index is 955. The van der Waals surface area contributed by atoms with Crippen LogP contribution in [-0.2, 0) is 11.2 Å². The van der Waals surface area contributed by atoms with Crippen molar-refractivity contribution < 1.29 is 19.6 Å². The Balaban J connectivity index is 1.42. The van der Waals surface area contributed by atoms with Gasteiger partial charge in [-0.25, -0.2) is 0 Å². The van der Waals surface area contributed by atoms with Gasteiger partial charge in [0.2, 0.25) is 6.79 Å². The number of rotatable bonds is 8. The summed E-state index contributed by atoms with van der Waals surface area (Å²) in [6.45, 7) is 2.74. The number of amides is 1. The number of fused-ring (bicyclic) bond motifs is 1. The molecule has 29 heavy (non-hydrogen) atoms. The highest BCUT2D eigenvalue weighted by Crippen LogP contribution is 2.34. The quantitative estimate of drug-likeness (QED) is 0.596. The Morgan fingerprint density at radius 1 is 1.14 bits per heavy atom. The van der Waals surface area contributed by atoms with Crippen molar-refractivity contribution in [3.8, 4) is 11.5 Å². The molecule has 5 nitrogen and oxygen atoms in total. The van der Waals surface area contributed by atoms with Crippen molar-refractivity contribution in [2.24, 2.45) is 0 Å². The monoisotopic (exact) mass is 409 g/mol. The zero-order chi connectivity index (χ0) is 20.1. The number of carbonyl (C=O) groups is 1. The van der Waals surface area contributed by atoms with Gasteiger partial charge in [-0.05, 0) is 35.6 Å². The second kappa shape index (κ2) is 9.11. The fraction of sp³-hybridized carbons (Fsp3) is 0.261. The SMILES string of the molecule is CCCc1ccc([C@H]([NH2+]CC(=O)Nc2ccc3c(c2)OCO3)c2cccs2)cc1. The summed E-state index contributed by atoms with van der Waals surface area (Å²) in [6, 6.07) is 18.5. The van der Waals surface area contributed by atoms with Gasteiger partial charge in [0.05, 0.1) is 4.88 Å². The molecule has 1 aromatic heterocycles. The molecule has 0 saturated carbocycles. The van der Waals surface area contributed by atoms with E-state index in [1.807, 2.05) is 12.1 Å². The lowest BCUT2D eigenvalue weighted by atomic mass is 10.0. The van der Waals surface area contributed by atoms with E-state index < -0.39 is 0 Å². The predicted octanol–water partition coefficient (Wildman–Crippen LogP) is 3.72. The number of carbonyl (C=O) groups excluding carboxylic acids is 1. The number of thiophene rings is 1. The van der Waals surface area contributed by atoms with Crippen molar-refractivity contribution in [2.75, 3.05) is 18.7 Å². The van der Waals surface area contributed by atoms with Crippen molar-refractivity contribution in [1.29, 1.82) is 0 Å². The van der Waals surface area contributed by atoms with Crippen LogP contribution < -0.4 is 20.1 Å². The molecule has 0 radical (unpaired) electrons. The normalized spacial score (nSPS) is 13.3. The summed E-state index contributed by atoms with van der Waals surface area (Å²) in [4.78, 5) is 13.8. The lowest BCUT2D eigenvalue weighted by Crippen LogP contribution is -2.87.